The molecule has 3 aromatic rings. The topological polar surface area (TPSA) is 103 Å². The van der Waals surface area contributed by atoms with Crippen LogP contribution in [-0.4, -0.2) is 30.8 Å². The number of carbonyl (C=O) groups excluding carboxylic acids is 1. The molecule has 0 atom stereocenters. The van der Waals surface area contributed by atoms with Crippen LogP contribution in [0.1, 0.15) is 22.8 Å². The SMILES string of the molecule is CCOc1ccc([N+](=O)[O-])cc1/C=N/NC(=O)c1cc2ccccc2cc1OC. The molecule has 0 aliphatic carbocycles. The van der Waals surface area contributed by atoms with Gasteiger partial charge in [0, 0.05) is 17.7 Å². The van der Waals surface area contributed by atoms with Gasteiger partial charge in [-0.05, 0) is 35.9 Å². The Kier molecular flexibility index (Phi) is 6.03. The van der Waals surface area contributed by atoms with Crippen LogP contribution in [0.4, 0.5) is 5.69 Å². The van der Waals surface area contributed by atoms with Crippen LogP contribution in [0.3, 0.4) is 0 Å². The van der Waals surface area contributed by atoms with Crippen molar-refractivity contribution >= 4 is 28.6 Å². The minimum Gasteiger partial charge on any atom is -0.496 e. The minimum absolute atomic E-state index is 0.0996. The second kappa shape index (κ2) is 8.83. The maximum absolute atomic E-state index is 12.6. The summed E-state index contributed by atoms with van der Waals surface area (Å²) in [6, 6.07) is 15.3. The number of ether oxygens (including phenoxy) is 2. The number of nitrogens with one attached hydrogen (secondary N) is 1. The summed E-state index contributed by atoms with van der Waals surface area (Å²) >= 11 is 0. The second-order valence-corrected chi connectivity index (χ2v) is 6.01. The number of benzene rings is 3. The Hall–Kier alpha value is -3.94. The van der Waals surface area contributed by atoms with Crippen LogP contribution < -0.4 is 14.9 Å². The Morgan fingerprint density at radius 1 is 1.14 bits per heavy atom. The molecular formula is C21H19N3O5. The smallest absolute Gasteiger partial charge is 0.275 e. The highest BCUT2D eigenvalue weighted by molar-refractivity contribution is 6.02. The van der Waals surface area contributed by atoms with Crippen molar-refractivity contribution in [2.24, 2.45) is 5.10 Å². The summed E-state index contributed by atoms with van der Waals surface area (Å²) in [7, 11) is 1.49. The number of carbonyl (C=O) groups is 1. The lowest BCUT2D eigenvalue weighted by molar-refractivity contribution is -0.384. The van der Waals surface area contributed by atoms with Gasteiger partial charge in [-0.15, -0.1) is 0 Å². The third kappa shape index (κ3) is 4.49. The fourth-order valence-electron chi connectivity index (χ4n) is 2.82. The molecule has 0 aliphatic rings. The van der Waals surface area contributed by atoms with Gasteiger partial charge in [0.15, 0.2) is 0 Å². The van der Waals surface area contributed by atoms with Crippen molar-refractivity contribution in [3.05, 3.63) is 75.8 Å². The standard InChI is InChI=1S/C21H19N3O5/c1-3-29-19-9-8-17(24(26)27)10-16(19)13-22-23-21(25)18-11-14-6-4-5-7-15(14)12-20(18)28-2/h4-13H,3H2,1-2H3,(H,23,25)/b22-13+. The monoisotopic (exact) mass is 393 g/mol. The van der Waals surface area contributed by atoms with E-state index in [-0.39, 0.29) is 5.69 Å². The zero-order valence-electron chi connectivity index (χ0n) is 15.9. The maximum Gasteiger partial charge on any atom is 0.275 e. The Labute approximate surface area is 166 Å². The number of fused-ring (bicyclic) bond motifs is 1. The first-order valence-electron chi connectivity index (χ1n) is 8.85. The van der Waals surface area contributed by atoms with Crippen LogP contribution >= 0.6 is 0 Å². The highest BCUT2D eigenvalue weighted by Gasteiger charge is 2.14. The van der Waals surface area contributed by atoms with E-state index in [4.69, 9.17) is 9.47 Å². The van der Waals surface area contributed by atoms with Crippen molar-refractivity contribution < 1.29 is 19.2 Å². The first-order valence-corrected chi connectivity index (χ1v) is 8.85. The molecule has 0 saturated carbocycles. The summed E-state index contributed by atoms with van der Waals surface area (Å²) in [6.45, 7) is 2.19. The number of hydrogen-bond donors (Lipinski definition) is 1. The Balaban J connectivity index is 1.85. The maximum atomic E-state index is 12.6. The number of nitro benzene ring substituents is 1. The highest BCUT2D eigenvalue weighted by atomic mass is 16.6. The van der Waals surface area contributed by atoms with Crippen LogP contribution in [0, 0.1) is 10.1 Å². The number of hydrazone groups is 1. The normalized spacial score (nSPS) is 10.8. The molecule has 3 aromatic carbocycles. The molecule has 8 nitrogen and oxygen atoms in total. The van der Waals surface area contributed by atoms with E-state index < -0.39 is 10.8 Å². The zero-order chi connectivity index (χ0) is 20.8. The van der Waals surface area contributed by atoms with Gasteiger partial charge < -0.3 is 9.47 Å². The summed E-state index contributed by atoms with van der Waals surface area (Å²) < 4.78 is 10.8. The number of methoxy groups -OCH3 is 1. The molecule has 8 heteroatoms. The molecule has 0 unspecified atom stereocenters. The third-order valence-electron chi connectivity index (χ3n) is 4.19. The van der Waals surface area contributed by atoms with Crippen molar-refractivity contribution in [2.45, 2.75) is 6.92 Å². The lowest BCUT2D eigenvalue weighted by atomic mass is 10.1. The summed E-state index contributed by atoms with van der Waals surface area (Å²) in [5.74, 6) is 0.383. The van der Waals surface area contributed by atoms with Crippen LogP contribution in [0.2, 0.25) is 0 Å². The molecule has 0 aromatic heterocycles. The van der Waals surface area contributed by atoms with Crippen molar-refractivity contribution in [2.75, 3.05) is 13.7 Å². The Morgan fingerprint density at radius 3 is 2.52 bits per heavy atom. The van der Waals surface area contributed by atoms with E-state index in [0.29, 0.717) is 29.2 Å². The molecule has 0 heterocycles. The third-order valence-corrected chi connectivity index (χ3v) is 4.19. The molecule has 29 heavy (non-hydrogen) atoms. The fraction of sp³-hybridized carbons (Fsp3) is 0.143. The van der Waals surface area contributed by atoms with E-state index >= 15 is 0 Å². The average molecular weight is 393 g/mol. The lowest BCUT2D eigenvalue weighted by Gasteiger charge is -2.09. The summed E-state index contributed by atoms with van der Waals surface area (Å²) in [4.78, 5) is 23.1. The molecule has 0 aliphatic heterocycles. The van der Waals surface area contributed by atoms with Crippen LogP contribution in [0.5, 0.6) is 11.5 Å². The average Bonchev–Trinajstić information content (AvgIpc) is 2.73. The van der Waals surface area contributed by atoms with Gasteiger partial charge in [0.2, 0.25) is 0 Å². The van der Waals surface area contributed by atoms with E-state index in [1.165, 1.54) is 31.5 Å². The molecule has 0 radical (unpaired) electrons. The van der Waals surface area contributed by atoms with E-state index in [0.717, 1.165) is 10.8 Å². The zero-order valence-corrected chi connectivity index (χ0v) is 15.9. The van der Waals surface area contributed by atoms with Gasteiger partial charge >= 0.3 is 0 Å². The predicted molar refractivity (Wildman–Crippen MR) is 110 cm³/mol. The van der Waals surface area contributed by atoms with Crippen LogP contribution in [0.25, 0.3) is 10.8 Å². The van der Waals surface area contributed by atoms with Gasteiger partial charge in [0.05, 0.1) is 30.4 Å². The van der Waals surface area contributed by atoms with E-state index in [2.05, 4.69) is 10.5 Å². The lowest BCUT2D eigenvalue weighted by Crippen LogP contribution is -2.18. The van der Waals surface area contributed by atoms with Crippen LogP contribution in [-0.2, 0) is 0 Å². The number of rotatable bonds is 7. The molecule has 0 fully saturated rings. The van der Waals surface area contributed by atoms with Gasteiger partial charge in [0.25, 0.3) is 11.6 Å². The summed E-state index contributed by atoms with van der Waals surface area (Å²) in [5.41, 5.74) is 3.04. The van der Waals surface area contributed by atoms with E-state index in [1.54, 1.807) is 19.1 Å². The fourth-order valence-corrected chi connectivity index (χ4v) is 2.82. The predicted octanol–water partition coefficient (Wildman–Crippen LogP) is 3.92. The van der Waals surface area contributed by atoms with Gasteiger partial charge in [-0.25, -0.2) is 5.43 Å². The Bertz CT molecular complexity index is 1090. The number of amides is 1. The van der Waals surface area contributed by atoms with Crippen molar-refractivity contribution in [3.8, 4) is 11.5 Å². The summed E-state index contributed by atoms with van der Waals surface area (Å²) in [6.07, 6.45) is 1.31. The molecule has 3 rings (SSSR count). The molecule has 1 amide bonds. The largest absolute Gasteiger partial charge is 0.496 e. The molecule has 148 valence electrons. The van der Waals surface area contributed by atoms with Crippen molar-refractivity contribution in [1.29, 1.82) is 0 Å². The Morgan fingerprint density at radius 2 is 1.86 bits per heavy atom. The number of non-ortho nitro benzene ring substituents is 1. The first-order chi connectivity index (χ1) is 14.0. The van der Waals surface area contributed by atoms with Gasteiger partial charge in [0.1, 0.15) is 11.5 Å². The molecule has 0 spiro atoms. The number of nitro groups is 1. The first kappa shape index (κ1) is 19.8. The molecule has 1 N–H and O–H groups in total. The quantitative estimate of drug-likeness (QED) is 0.372. The van der Waals surface area contributed by atoms with Gasteiger partial charge in [-0.1, -0.05) is 24.3 Å². The molecule has 0 bridgehead atoms. The van der Waals surface area contributed by atoms with Gasteiger partial charge in [-0.2, -0.15) is 5.10 Å². The molecule has 0 saturated heterocycles. The minimum atomic E-state index is -0.508. The van der Waals surface area contributed by atoms with E-state index in [9.17, 15) is 14.9 Å². The second-order valence-electron chi connectivity index (χ2n) is 6.01. The number of hydrogen-bond acceptors (Lipinski definition) is 6. The van der Waals surface area contributed by atoms with Crippen molar-refractivity contribution in [3.63, 3.8) is 0 Å². The number of nitrogens with zero attached hydrogens (tertiary/aromatic N) is 2. The summed E-state index contributed by atoms with van der Waals surface area (Å²) in [5, 5.41) is 16.8. The highest BCUT2D eigenvalue weighted by Crippen LogP contribution is 2.26. The van der Waals surface area contributed by atoms with Gasteiger partial charge in [-0.3, -0.25) is 14.9 Å². The van der Waals surface area contributed by atoms with Crippen molar-refractivity contribution in [1.82, 2.24) is 5.43 Å². The van der Waals surface area contributed by atoms with Crippen LogP contribution in [0.15, 0.2) is 59.7 Å². The molecular weight excluding hydrogens is 374 g/mol. The van der Waals surface area contributed by atoms with E-state index in [1.807, 2.05) is 24.3 Å².